The molecule has 9 nitrogen and oxygen atoms in total. The van der Waals surface area contributed by atoms with Gasteiger partial charge in [0.25, 0.3) is 0 Å². The van der Waals surface area contributed by atoms with Crippen molar-refractivity contribution in [2.45, 2.75) is 0 Å². The second-order valence-electron chi connectivity index (χ2n) is 23.7. The van der Waals surface area contributed by atoms with Crippen LogP contribution in [0, 0.1) is 18.2 Å². The van der Waals surface area contributed by atoms with E-state index in [0.717, 1.165) is 199 Å². The number of para-hydroxylation sites is 9. The van der Waals surface area contributed by atoms with Crippen LogP contribution in [0.5, 0.6) is 0 Å². The summed E-state index contributed by atoms with van der Waals surface area (Å²) in [6.45, 7) is 0. The van der Waals surface area contributed by atoms with E-state index in [4.69, 9.17) is 26.5 Å². The van der Waals surface area contributed by atoms with Crippen molar-refractivity contribution in [3.63, 3.8) is 0 Å². The number of fused-ring (bicyclic) bond motifs is 18. The minimum atomic E-state index is 0. The SMILES string of the molecule is [Ir+3].[c-]1ccc2c(oc3ccccc32)c1-c1cc(-c2cccc3c2oc2ccccc23)ccn1.[c-]1ccc2c(oc3ccccc32)c1-c1cc(-c2cccc3c2oc2ccccc23)ccn1.[c-]1ccc2c(oc3ccccc32)c1-c1cc(-c2cccc3c2oc2ccccc23)ccn1. The molecule has 97 heavy (non-hydrogen) atoms. The molecule has 21 rings (SSSR count). The molecule has 0 aliphatic rings. The number of furan rings is 6. The van der Waals surface area contributed by atoms with E-state index in [0.29, 0.717) is 0 Å². The Hall–Kier alpha value is -12.5. The Labute approximate surface area is 566 Å². The standard InChI is InChI=1S/3C29H16NO2.Ir/c3*1-3-13-26-20(7-1)22-10-5-9-19(28(22)31-26)18-15-16-30-25(17-18)24-12-6-11-23-21-8-2-4-14-27(21)32-29(23)24;/h3*1-11,13-17H;/q3*-1;+3. The van der Waals surface area contributed by atoms with Gasteiger partial charge in [0.2, 0.25) is 0 Å². The van der Waals surface area contributed by atoms with Gasteiger partial charge in [-0.25, -0.2) is 0 Å². The molecule has 456 valence electrons. The van der Waals surface area contributed by atoms with Gasteiger partial charge in [-0.1, -0.05) is 215 Å². The summed E-state index contributed by atoms with van der Waals surface area (Å²) in [4.78, 5) is 14.0. The third-order valence-electron chi connectivity index (χ3n) is 18.2. The Morgan fingerprint density at radius 2 is 0.443 bits per heavy atom. The quantitative estimate of drug-likeness (QED) is 0.150. The van der Waals surface area contributed by atoms with Crippen molar-refractivity contribution in [2.75, 3.05) is 0 Å². The van der Waals surface area contributed by atoms with Gasteiger partial charge in [0.15, 0.2) is 0 Å². The van der Waals surface area contributed by atoms with Gasteiger partial charge < -0.3 is 41.5 Å². The predicted octanol–water partition coefficient (Wildman–Crippen LogP) is 24.0. The van der Waals surface area contributed by atoms with Crippen LogP contribution < -0.4 is 0 Å². The summed E-state index contributed by atoms with van der Waals surface area (Å²) in [5.41, 5.74) is 21.6. The van der Waals surface area contributed by atoms with Crippen molar-refractivity contribution in [3.05, 3.63) is 310 Å². The summed E-state index contributed by atoms with van der Waals surface area (Å²) in [7, 11) is 0. The van der Waals surface area contributed by atoms with Gasteiger partial charge in [0.1, 0.15) is 50.2 Å². The summed E-state index contributed by atoms with van der Waals surface area (Å²) in [6.07, 6.45) is 5.50. The first-order chi connectivity index (χ1) is 47.6. The smallest absolute Gasteiger partial charge is 0.501 e. The Balaban J connectivity index is 0.000000105. The van der Waals surface area contributed by atoms with Gasteiger partial charge in [0, 0.05) is 83.8 Å². The maximum absolute atomic E-state index is 6.25. The number of pyridine rings is 3. The first-order valence-electron chi connectivity index (χ1n) is 31.7. The molecule has 0 unspecified atom stereocenters. The molecule has 0 fully saturated rings. The van der Waals surface area contributed by atoms with Crippen LogP contribution in [0.2, 0.25) is 0 Å². The molecule has 0 N–H and O–H groups in total. The van der Waals surface area contributed by atoms with Crippen molar-refractivity contribution in [2.24, 2.45) is 0 Å². The molecule has 10 heteroatoms. The second-order valence-corrected chi connectivity index (χ2v) is 23.7. The van der Waals surface area contributed by atoms with Crippen LogP contribution in [0.4, 0.5) is 0 Å². The Morgan fingerprint density at radius 3 is 0.711 bits per heavy atom. The van der Waals surface area contributed by atoms with E-state index < -0.39 is 0 Å². The minimum absolute atomic E-state index is 0. The van der Waals surface area contributed by atoms with Gasteiger partial charge in [-0.15, -0.1) is 54.6 Å². The van der Waals surface area contributed by atoms with Crippen molar-refractivity contribution in [1.82, 2.24) is 15.0 Å². The zero-order valence-corrected chi connectivity index (χ0v) is 53.7. The maximum atomic E-state index is 6.25. The molecule has 9 heterocycles. The molecule has 12 aromatic carbocycles. The fraction of sp³-hybridized carbons (Fsp3) is 0. The van der Waals surface area contributed by atoms with E-state index in [1.165, 1.54) is 0 Å². The topological polar surface area (TPSA) is 118 Å². The monoisotopic (exact) mass is 1420 g/mol. The zero-order chi connectivity index (χ0) is 63.2. The minimum Gasteiger partial charge on any atom is -0.501 e. The first kappa shape index (κ1) is 57.2. The van der Waals surface area contributed by atoms with Gasteiger partial charge >= 0.3 is 20.1 Å². The molecule has 0 saturated heterocycles. The third-order valence-corrected chi connectivity index (χ3v) is 18.2. The van der Waals surface area contributed by atoms with E-state index >= 15 is 0 Å². The molecule has 0 aliphatic heterocycles. The number of benzene rings is 12. The fourth-order valence-corrected chi connectivity index (χ4v) is 13.8. The average Bonchev–Trinajstić information content (AvgIpc) is 1.69. The molecule has 0 saturated carbocycles. The van der Waals surface area contributed by atoms with Crippen LogP contribution in [0.25, 0.3) is 199 Å². The van der Waals surface area contributed by atoms with Crippen LogP contribution in [0.1, 0.15) is 0 Å². The number of aromatic nitrogens is 3. The van der Waals surface area contributed by atoms with E-state index in [1.54, 1.807) is 0 Å². The first-order valence-corrected chi connectivity index (χ1v) is 31.7. The van der Waals surface area contributed by atoms with Gasteiger partial charge in [-0.05, 0) is 88.4 Å². The average molecular weight is 1420 g/mol. The zero-order valence-electron chi connectivity index (χ0n) is 51.3. The number of hydrogen-bond donors (Lipinski definition) is 0. The molecular weight excluding hydrogens is 1380 g/mol. The van der Waals surface area contributed by atoms with Crippen molar-refractivity contribution >= 4 is 132 Å². The number of hydrogen-bond acceptors (Lipinski definition) is 9. The third kappa shape index (κ3) is 9.68. The van der Waals surface area contributed by atoms with Crippen molar-refractivity contribution in [3.8, 4) is 67.2 Å². The van der Waals surface area contributed by atoms with Gasteiger partial charge in [0.05, 0.1) is 16.7 Å². The van der Waals surface area contributed by atoms with Crippen LogP contribution in [-0.4, -0.2) is 15.0 Å². The van der Waals surface area contributed by atoms with Gasteiger partial charge in [-0.3, -0.25) is 0 Å². The Bertz CT molecular complexity index is 5620. The molecule has 0 aliphatic carbocycles. The van der Waals surface area contributed by atoms with Gasteiger partial charge in [-0.2, -0.15) is 0 Å². The Morgan fingerprint density at radius 1 is 0.216 bits per heavy atom. The second kappa shape index (κ2) is 23.5. The summed E-state index contributed by atoms with van der Waals surface area (Å²) >= 11 is 0. The summed E-state index contributed by atoms with van der Waals surface area (Å²) in [5.74, 6) is 0. The van der Waals surface area contributed by atoms with Crippen molar-refractivity contribution < 1.29 is 46.6 Å². The number of nitrogens with zero attached hydrogens (tertiary/aromatic N) is 3. The van der Waals surface area contributed by atoms with Crippen molar-refractivity contribution in [1.29, 1.82) is 0 Å². The molecule has 0 amide bonds. The largest absolute Gasteiger partial charge is 3.00 e. The molecule has 0 radical (unpaired) electrons. The summed E-state index contributed by atoms with van der Waals surface area (Å²) < 4.78 is 37.4. The van der Waals surface area contributed by atoms with E-state index in [9.17, 15) is 0 Å². The molecule has 9 aromatic heterocycles. The molecule has 0 atom stereocenters. The van der Waals surface area contributed by atoms with E-state index in [-0.39, 0.29) is 20.1 Å². The fourth-order valence-electron chi connectivity index (χ4n) is 13.8. The summed E-state index contributed by atoms with van der Waals surface area (Å²) in [5, 5.41) is 13.2. The Kier molecular flexibility index (Phi) is 13.9. The van der Waals surface area contributed by atoms with E-state index in [1.807, 2.05) is 182 Å². The van der Waals surface area contributed by atoms with E-state index in [2.05, 4.69) is 142 Å². The van der Waals surface area contributed by atoms with Crippen LogP contribution in [0.3, 0.4) is 0 Å². The molecule has 0 spiro atoms. The predicted molar refractivity (Wildman–Crippen MR) is 386 cm³/mol. The molecular formula is C87H48IrN3O6. The maximum Gasteiger partial charge on any atom is 3.00 e. The summed E-state index contributed by atoms with van der Waals surface area (Å²) in [6, 6.07) is 102. The van der Waals surface area contributed by atoms with Crippen LogP contribution in [0.15, 0.2) is 318 Å². The van der Waals surface area contributed by atoms with Crippen LogP contribution >= 0.6 is 0 Å². The molecule has 0 bridgehead atoms. The van der Waals surface area contributed by atoms with Crippen LogP contribution in [-0.2, 0) is 20.1 Å². The normalized spacial score (nSPS) is 11.6. The number of rotatable bonds is 6. The molecule has 21 aromatic rings.